The summed E-state index contributed by atoms with van der Waals surface area (Å²) in [6.45, 7) is 5.49. The van der Waals surface area contributed by atoms with Gasteiger partial charge in [-0.05, 0) is 25.0 Å². The number of ketones is 1. The van der Waals surface area contributed by atoms with Gasteiger partial charge in [-0.15, -0.1) is 0 Å². The lowest BCUT2D eigenvalue weighted by Crippen LogP contribution is -2.35. The summed E-state index contributed by atoms with van der Waals surface area (Å²) in [6, 6.07) is 2.63. The lowest BCUT2D eigenvalue weighted by Gasteiger charge is -2.22. The predicted octanol–water partition coefficient (Wildman–Crippen LogP) is 5.15. The highest BCUT2D eigenvalue weighted by molar-refractivity contribution is 5.99. The second kappa shape index (κ2) is 10.0. The molecule has 1 atom stereocenters. The number of fused-ring (bicyclic) bond motifs is 1. The van der Waals surface area contributed by atoms with E-state index in [4.69, 9.17) is 4.74 Å². The van der Waals surface area contributed by atoms with Crippen molar-refractivity contribution in [2.24, 2.45) is 5.92 Å². The molecule has 10 heteroatoms. The average molecular weight is 462 g/mol. The number of nitrogens with one attached hydrogen (secondary N) is 2. The van der Waals surface area contributed by atoms with Gasteiger partial charge in [0.25, 0.3) is 0 Å². The van der Waals surface area contributed by atoms with Crippen LogP contribution in [0.2, 0.25) is 0 Å². The van der Waals surface area contributed by atoms with E-state index < -0.39 is 36.8 Å². The molecule has 0 saturated carbocycles. The number of carbonyl (C=O) groups is 2. The van der Waals surface area contributed by atoms with Gasteiger partial charge in [-0.3, -0.25) is 9.78 Å². The Labute approximate surface area is 188 Å². The van der Waals surface area contributed by atoms with Crippen molar-refractivity contribution in [3.05, 3.63) is 42.5 Å². The minimum absolute atomic E-state index is 0.223. The molecular weight excluding hydrogens is 437 g/mol. The summed E-state index contributed by atoms with van der Waals surface area (Å²) in [7, 11) is 0. The molecule has 3 heterocycles. The van der Waals surface area contributed by atoms with Crippen LogP contribution in [0.3, 0.4) is 0 Å². The summed E-state index contributed by atoms with van der Waals surface area (Å²) >= 11 is 0. The number of pyridine rings is 2. The van der Waals surface area contributed by atoms with Crippen molar-refractivity contribution in [2.75, 3.05) is 11.9 Å². The molecule has 3 aromatic heterocycles. The number of halogens is 3. The maximum atomic E-state index is 12.5. The predicted molar refractivity (Wildman–Crippen MR) is 118 cm³/mol. The number of carbonyl (C=O) groups excluding carboxylic acids is 2. The Bertz CT molecular complexity index is 1140. The van der Waals surface area contributed by atoms with Gasteiger partial charge >= 0.3 is 12.1 Å². The Hall–Kier alpha value is -3.43. The molecule has 0 unspecified atom stereocenters. The van der Waals surface area contributed by atoms with Gasteiger partial charge < -0.3 is 15.0 Å². The molecule has 0 aliphatic rings. The summed E-state index contributed by atoms with van der Waals surface area (Å²) in [5, 5.41) is 3.71. The standard InChI is InChI=1S/C23H25F3N4O3/c1-4-33-22(32)15-8-17-18(12-29-21(17)28-10-15)14-7-16(11-27-9-14)30-20(13(2)3)19(31)5-6-23(24,25)26/h7-13,20,30H,4-6H2,1-3H3,(H,28,29)/t20-/m1/s1. The summed E-state index contributed by atoms with van der Waals surface area (Å²) in [6.07, 6.45) is 0.147. The zero-order chi connectivity index (χ0) is 24.2. The summed E-state index contributed by atoms with van der Waals surface area (Å²) in [4.78, 5) is 36.0. The highest BCUT2D eigenvalue weighted by Gasteiger charge is 2.31. The highest BCUT2D eigenvalue weighted by Crippen LogP contribution is 2.30. The minimum Gasteiger partial charge on any atom is -0.462 e. The van der Waals surface area contributed by atoms with Gasteiger partial charge in [0.1, 0.15) is 5.65 Å². The molecule has 0 fully saturated rings. The van der Waals surface area contributed by atoms with Crippen molar-refractivity contribution in [1.29, 1.82) is 0 Å². The van der Waals surface area contributed by atoms with Gasteiger partial charge in [-0.1, -0.05) is 13.8 Å². The second-order valence-electron chi connectivity index (χ2n) is 7.95. The first-order chi connectivity index (χ1) is 15.6. The number of aromatic amines is 1. The Kier molecular flexibility index (Phi) is 7.35. The molecular formula is C23H25F3N4O3. The molecule has 0 bridgehead atoms. The molecule has 0 amide bonds. The van der Waals surface area contributed by atoms with Crippen LogP contribution in [-0.2, 0) is 9.53 Å². The first-order valence-electron chi connectivity index (χ1n) is 10.5. The largest absolute Gasteiger partial charge is 0.462 e. The monoisotopic (exact) mass is 462 g/mol. The number of alkyl halides is 3. The number of hydrogen-bond acceptors (Lipinski definition) is 6. The number of nitrogens with zero attached hydrogens (tertiary/aromatic N) is 2. The number of ether oxygens (including phenoxy) is 1. The van der Waals surface area contributed by atoms with Crippen LogP contribution in [0, 0.1) is 5.92 Å². The van der Waals surface area contributed by atoms with Gasteiger partial charge in [0.15, 0.2) is 5.78 Å². The van der Waals surface area contributed by atoms with E-state index in [1.54, 1.807) is 45.3 Å². The van der Waals surface area contributed by atoms with Crippen LogP contribution in [0.4, 0.5) is 18.9 Å². The quantitative estimate of drug-likeness (QED) is 0.427. The molecule has 0 aliphatic heterocycles. The van der Waals surface area contributed by atoms with Crippen LogP contribution >= 0.6 is 0 Å². The van der Waals surface area contributed by atoms with Crippen LogP contribution in [-0.4, -0.2) is 45.5 Å². The zero-order valence-corrected chi connectivity index (χ0v) is 18.5. The number of hydrogen-bond donors (Lipinski definition) is 2. The molecule has 176 valence electrons. The van der Waals surface area contributed by atoms with Crippen LogP contribution in [0.25, 0.3) is 22.2 Å². The van der Waals surface area contributed by atoms with Gasteiger partial charge in [0, 0.05) is 47.7 Å². The third-order valence-corrected chi connectivity index (χ3v) is 5.08. The van der Waals surface area contributed by atoms with Gasteiger partial charge in [-0.2, -0.15) is 13.2 Å². The number of Topliss-reactive ketones (excluding diaryl/α,β-unsaturated/α-hetero) is 1. The fourth-order valence-electron chi connectivity index (χ4n) is 3.45. The maximum absolute atomic E-state index is 12.5. The van der Waals surface area contributed by atoms with Gasteiger partial charge in [-0.25, -0.2) is 9.78 Å². The van der Waals surface area contributed by atoms with E-state index in [0.29, 0.717) is 27.8 Å². The van der Waals surface area contributed by atoms with E-state index in [9.17, 15) is 22.8 Å². The Morgan fingerprint density at radius 2 is 1.94 bits per heavy atom. The van der Waals surface area contributed by atoms with Crippen LogP contribution in [0.1, 0.15) is 44.0 Å². The number of H-pyrrole nitrogens is 1. The van der Waals surface area contributed by atoms with E-state index >= 15 is 0 Å². The molecule has 0 aliphatic carbocycles. The fraction of sp³-hybridized carbons (Fsp3) is 0.391. The molecule has 33 heavy (non-hydrogen) atoms. The molecule has 2 N–H and O–H groups in total. The summed E-state index contributed by atoms with van der Waals surface area (Å²) in [5.41, 5.74) is 2.78. The third kappa shape index (κ3) is 6.09. The van der Waals surface area contributed by atoms with Gasteiger partial charge in [0.05, 0.1) is 30.3 Å². The van der Waals surface area contributed by atoms with E-state index in [2.05, 4.69) is 20.3 Å². The van der Waals surface area contributed by atoms with Gasteiger partial charge in [0.2, 0.25) is 0 Å². The van der Waals surface area contributed by atoms with E-state index in [-0.39, 0.29) is 12.5 Å². The van der Waals surface area contributed by atoms with E-state index in [1.807, 2.05) is 0 Å². The number of aromatic nitrogens is 3. The van der Waals surface area contributed by atoms with E-state index in [0.717, 1.165) is 5.56 Å². The Morgan fingerprint density at radius 1 is 1.18 bits per heavy atom. The highest BCUT2D eigenvalue weighted by atomic mass is 19.4. The van der Waals surface area contributed by atoms with Crippen molar-refractivity contribution >= 4 is 28.5 Å². The van der Waals surface area contributed by atoms with Crippen molar-refractivity contribution in [2.45, 2.75) is 45.8 Å². The van der Waals surface area contributed by atoms with Crippen molar-refractivity contribution in [1.82, 2.24) is 15.0 Å². The smallest absolute Gasteiger partial charge is 0.389 e. The summed E-state index contributed by atoms with van der Waals surface area (Å²) in [5.74, 6) is -1.22. The molecule has 3 rings (SSSR count). The molecule has 0 radical (unpaired) electrons. The summed E-state index contributed by atoms with van der Waals surface area (Å²) < 4.78 is 42.7. The van der Waals surface area contributed by atoms with Crippen molar-refractivity contribution in [3.63, 3.8) is 0 Å². The number of anilines is 1. The maximum Gasteiger partial charge on any atom is 0.389 e. The molecule has 0 saturated heterocycles. The van der Waals surface area contributed by atoms with Crippen molar-refractivity contribution in [3.8, 4) is 11.1 Å². The first kappa shape index (κ1) is 24.2. The van der Waals surface area contributed by atoms with Crippen LogP contribution < -0.4 is 5.32 Å². The second-order valence-corrected chi connectivity index (χ2v) is 7.95. The molecule has 7 nitrogen and oxygen atoms in total. The topological polar surface area (TPSA) is 97.0 Å². The Balaban J connectivity index is 1.87. The SMILES string of the molecule is CCOC(=O)c1cnc2[nH]cc(-c3cncc(N[C@@H](C(=O)CCC(F)(F)F)C(C)C)c3)c2c1. The first-order valence-corrected chi connectivity index (χ1v) is 10.5. The Morgan fingerprint density at radius 3 is 2.61 bits per heavy atom. The zero-order valence-electron chi connectivity index (χ0n) is 18.5. The fourth-order valence-corrected chi connectivity index (χ4v) is 3.45. The minimum atomic E-state index is -4.38. The molecule has 0 aromatic carbocycles. The van der Waals surface area contributed by atoms with Crippen molar-refractivity contribution < 1.29 is 27.5 Å². The average Bonchev–Trinajstić information content (AvgIpc) is 3.19. The van der Waals surface area contributed by atoms with Crippen LogP contribution in [0.15, 0.2) is 36.9 Å². The van der Waals surface area contributed by atoms with Crippen LogP contribution in [0.5, 0.6) is 0 Å². The number of esters is 1. The molecule has 0 spiro atoms. The lowest BCUT2D eigenvalue weighted by molar-refractivity contribution is -0.143. The number of rotatable bonds is 9. The molecule has 3 aromatic rings. The normalized spacial score (nSPS) is 12.7. The third-order valence-electron chi connectivity index (χ3n) is 5.08. The lowest BCUT2D eigenvalue weighted by atomic mass is 9.96. The van der Waals surface area contributed by atoms with E-state index in [1.165, 1.54) is 12.4 Å².